The number of fused-ring (bicyclic) bond motifs is 1. The Hall–Kier alpha value is -1.61. The van der Waals surface area contributed by atoms with Crippen LogP contribution in [-0.2, 0) is 11.2 Å². The molecule has 0 saturated carbocycles. The van der Waals surface area contributed by atoms with E-state index in [0.29, 0.717) is 6.42 Å². The van der Waals surface area contributed by atoms with Crippen molar-refractivity contribution in [2.45, 2.75) is 19.8 Å². The molecule has 0 atom stereocenters. The van der Waals surface area contributed by atoms with Crippen molar-refractivity contribution < 1.29 is 4.79 Å². The summed E-state index contributed by atoms with van der Waals surface area (Å²) in [5.41, 5.74) is 4.84. The van der Waals surface area contributed by atoms with Gasteiger partial charge in [-0.2, -0.15) is 0 Å². The Labute approximate surface area is 107 Å². The average molecular weight is 242 g/mol. The first-order valence-corrected chi connectivity index (χ1v) is 6.61. The third-order valence-electron chi connectivity index (χ3n) is 3.87. The van der Waals surface area contributed by atoms with Gasteiger partial charge in [-0.25, -0.2) is 0 Å². The number of anilines is 1. The van der Waals surface area contributed by atoms with Crippen LogP contribution in [0.4, 0.5) is 5.69 Å². The van der Waals surface area contributed by atoms with Crippen LogP contribution in [0, 0.1) is 0 Å². The molecule has 3 rings (SSSR count). The molecule has 2 aliphatic rings. The van der Waals surface area contributed by atoms with Crippen molar-refractivity contribution in [3.05, 3.63) is 35.4 Å². The van der Waals surface area contributed by atoms with Gasteiger partial charge in [0.1, 0.15) is 0 Å². The number of nitrogens with one attached hydrogen (secondary N) is 1. The van der Waals surface area contributed by atoms with Crippen LogP contribution in [0.25, 0.3) is 5.57 Å². The van der Waals surface area contributed by atoms with E-state index in [9.17, 15) is 4.79 Å². The highest BCUT2D eigenvalue weighted by Gasteiger charge is 2.22. The number of likely N-dealkylation sites (N-methyl/N-ethyl adjacent to an activating group) is 1. The molecule has 0 unspecified atom stereocenters. The summed E-state index contributed by atoms with van der Waals surface area (Å²) < 4.78 is 0. The lowest BCUT2D eigenvalue weighted by Crippen LogP contribution is -2.28. The van der Waals surface area contributed by atoms with Crippen LogP contribution in [-0.4, -0.2) is 30.4 Å². The summed E-state index contributed by atoms with van der Waals surface area (Å²) in [7, 11) is 0. The SMILES string of the molecule is CCN1CC=C(c2cccc3c2CC(=O)N3)CC1. The summed E-state index contributed by atoms with van der Waals surface area (Å²) in [5, 5.41) is 2.92. The van der Waals surface area contributed by atoms with E-state index >= 15 is 0 Å². The van der Waals surface area contributed by atoms with Gasteiger partial charge in [0.2, 0.25) is 5.91 Å². The fourth-order valence-corrected chi connectivity index (χ4v) is 2.79. The van der Waals surface area contributed by atoms with Crippen molar-refractivity contribution in [3.63, 3.8) is 0 Å². The minimum absolute atomic E-state index is 0.115. The van der Waals surface area contributed by atoms with Crippen molar-refractivity contribution in [2.75, 3.05) is 25.0 Å². The highest BCUT2D eigenvalue weighted by Crippen LogP contribution is 2.33. The molecule has 1 aromatic rings. The summed E-state index contributed by atoms with van der Waals surface area (Å²) in [6.07, 6.45) is 3.92. The zero-order valence-electron chi connectivity index (χ0n) is 10.7. The number of carbonyl (C=O) groups is 1. The van der Waals surface area contributed by atoms with Gasteiger partial charge in [0, 0.05) is 18.8 Å². The molecule has 0 saturated heterocycles. The van der Waals surface area contributed by atoms with Crippen LogP contribution in [0.1, 0.15) is 24.5 Å². The molecule has 1 amide bonds. The van der Waals surface area contributed by atoms with Gasteiger partial charge in [0.05, 0.1) is 6.42 Å². The van der Waals surface area contributed by atoms with Crippen LogP contribution in [0.15, 0.2) is 24.3 Å². The molecule has 0 spiro atoms. The van der Waals surface area contributed by atoms with Gasteiger partial charge in [0.25, 0.3) is 0 Å². The number of carbonyl (C=O) groups excluding carboxylic acids is 1. The van der Waals surface area contributed by atoms with E-state index in [1.165, 1.54) is 16.7 Å². The molecule has 0 bridgehead atoms. The normalized spacial score (nSPS) is 19.4. The van der Waals surface area contributed by atoms with E-state index in [1.807, 2.05) is 12.1 Å². The minimum Gasteiger partial charge on any atom is -0.326 e. The maximum Gasteiger partial charge on any atom is 0.228 e. The molecule has 0 aliphatic carbocycles. The minimum atomic E-state index is 0.115. The average Bonchev–Trinajstić information content (AvgIpc) is 2.79. The number of amides is 1. The number of hydrogen-bond acceptors (Lipinski definition) is 2. The molecule has 0 aromatic heterocycles. The van der Waals surface area contributed by atoms with Crippen molar-refractivity contribution in [1.82, 2.24) is 4.90 Å². The molecule has 94 valence electrons. The Morgan fingerprint density at radius 1 is 1.39 bits per heavy atom. The zero-order chi connectivity index (χ0) is 12.5. The third kappa shape index (κ3) is 1.95. The van der Waals surface area contributed by atoms with E-state index in [1.54, 1.807) is 0 Å². The number of hydrogen-bond donors (Lipinski definition) is 1. The summed E-state index contributed by atoms with van der Waals surface area (Å²) >= 11 is 0. The van der Waals surface area contributed by atoms with Gasteiger partial charge in [-0.1, -0.05) is 25.1 Å². The van der Waals surface area contributed by atoms with Crippen LogP contribution >= 0.6 is 0 Å². The summed E-state index contributed by atoms with van der Waals surface area (Å²) in [6.45, 7) is 5.45. The number of nitrogens with zero attached hydrogens (tertiary/aromatic N) is 1. The van der Waals surface area contributed by atoms with Crippen molar-refractivity contribution in [3.8, 4) is 0 Å². The molecule has 0 fully saturated rings. The fourth-order valence-electron chi connectivity index (χ4n) is 2.79. The summed E-state index contributed by atoms with van der Waals surface area (Å²) in [4.78, 5) is 13.9. The van der Waals surface area contributed by atoms with Gasteiger partial charge < -0.3 is 5.32 Å². The predicted octanol–water partition coefficient (Wildman–Crippen LogP) is 2.29. The molecule has 2 heterocycles. The summed E-state index contributed by atoms with van der Waals surface area (Å²) in [5.74, 6) is 0.115. The molecule has 2 aliphatic heterocycles. The van der Waals surface area contributed by atoms with E-state index in [4.69, 9.17) is 0 Å². The molecule has 3 heteroatoms. The Bertz CT molecular complexity index is 519. The molecule has 3 nitrogen and oxygen atoms in total. The standard InChI is InChI=1S/C15H18N2O/c1-2-17-8-6-11(7-9-17)12-4-3-5-14-13(12)10-15(18)16-14/h3-6H,2,7-10H2,1H3,(H,16,18). The molecular formula is C15H18N2O. The van der Waals surface area contributed by atoms with Crippen molar-refractivity contribution in [1.29, 1.82) is 0 Å². The van der Waals surface area contributed by atoms with Gasteiger partial charge in [-0.3, -0.25) is 9.69 Å². The lowest BCUT2D eigenvalue weighted by Gasteiger charge is -2.25. The quantitative estimate of drug-likeness (QED) is 0.863. The highest BCUT2D eigenvalue weighted by atomic mass is 16.1. The van der Waals surface area contributed by atoms with Gasteiger partial charge in [-0.15, -0.1) is 0 Å². The smallest absolute Gasteiger partial charge is 0.228 e. The van der Waals surface area contributed by atoms with E-state index in [2.05, 4.69) is 29.3 Å². The molecule has 1 aromatic carbocycles. The first-order valence-electron chi connectivity index (χ1n) is 6.61. The van der Waals surface area contributed by atoms with E-state index in [0.717, 1.165) is 31.7 Å². The Balaban J connectivity index is 1.93. The highest BCUT2D eigenvalue weighted by molar-refractivity contribution is 6.01. The zero-order valence-corrected chi connectivity index (χ0v) is 10.7. The second kappa shape index (κ2) is 4.58. The number of rotatable bonds is 2. The van der Waals surface area contributed by atoms with Gasteiger partial charge >= 0.3 is 0 Å². The molecular weight excluding hydrogens is 224 g/mol. The maximum absolute atomic E-state index is 11.5. The van der Waals surface area contributed by atoms with E-state index in [-0.39, 0.29) is 5.91 Å². The van der Waals surface area contributed by atoms with Crippen LogP contribution in [0.3, 0.4) is 0 Å². The summed E-state index contributed by atoms with van der Waals surface area (Å²) in [6, 6.07) is 6.17. The predicted molar refractivity (Wildman–Crippen MR) is 73.5 cm³/mol. The van der Waals surface area contributed by atoms with Crippen LogP contribution in [0.5, 0.6) is 0 Å². The molecule has 0 radical (unpaired) electrons. The maximum atomic E-state index is 11.5. The molecule has 1 N–H and O–H groups in total. The Kier molecular flexibility index (Phi) is 2.92. The Morgan fingerprint density at radius 3 is 3.00 bits per heavy atom. The lowest BCUT2D eigenvalue weighted by atomic mass is 9.93. The van der Waals surface area contributed by atoms with Crippen LogP contribution < -0.4 is 5.32 Å². The van der Waals surface area contributed by atoms with Gasteiger partial charge in [-0.05, 0) is 35.7 Å². The Morgan fingerprint density at radius 2 is 2.28 bits per heavy atom. The van der Waals surface area contributed by atoms with E-state index < -0.39 is 0 Å². The third-order valence-corrected chi connectivity index (χ3v) is 3.87. The lowest BCUT2D eigenvalue weighted by molar-refractivity contribution is -0.115. The fraction of sp³-hybridized carbons (Fsp3) is 0.400. The first-order chi connectivity index (χ1) is 8.78. The second-order valence-corrected chi connectivity index (χ2v) is 4.93. The second-order valence-electron chi connectivity index (χ2n) is 4.93. The molecule has 18 heavy (non-hydrogen) atoms. The number of benzene rings is 1. The first kappa shape index (κ1) is 11.5. The topological polar surface area (TPSA) is 32.3 Å². The monoisotopic (exact) mass is 242 g/mol. The van der Waals surface area contributed by atoms with Crippen LogP contribution in [0.2, 0.25) is 0 Å². The van der Waals surface area contributed by atoms with Crippen molar-refractivity contribution in [2.24, 2.45) is 0 Å². The van der Waals surface area contributed by atoms with Gasteiger partial charge in [0.15, 0.2) is 0 Å². The van der Waals surface area contributed by atoms with Crippen molar-refractivity contribution >= 4 is 17.2 Å². The largest absolute Gasteiger partial charge is 0.326 e.